The van der Waals surface area contributed by atoms with Crippen LogP contribution in [0.25, 0.3) is 0 Å². The number of carbonyl (C=O) groups excluding carboxylic acids is 1. The first-order valence-corrected chi connectivity index (χ1v) is 6.07. The maximum absolute atomic E-state index is 12.0. The predicted octanol–water partition coefficient (Wildman–Crippen LogP) is 2.40. The number of hydrogen-bond donors (Lipinski definition) is 1. The van der Waals surface area contributed by atoms with E-state index in [0.29, 0.717) is 0 Å². The topological polar surface area (TPSA) is 119 Å². The Kier molecular flexibility index (Phi) is 4.81. The molecular weight excluding hydrogens is 304 g/mol. The zero-order chi connectivity index (χ0) is 16.4. The summed E-state index contributed by atoms with van der Waals surface area (Å²) in [6, 6.07) is 2.75. The zero-order valence-electron chi connectivity index (χ0n) is 11.5. The van der Waals surface area contributed by atoms with Crippen LogP contribution in [0.3, 0.4) is 0 Å². The Morgan fingerprint density at radius 2 is 1.81 bits per heavy atom. The number of amides is 1. The van der Waals surface area contributed by atoms with E-state index in [1.54, 1.807) is 20.8 Å². The standard InChI is InChI=1S/C11H13ClN4O5/c1-11(2,3)16(12)13-10(17)8-5-4-7(14(18)19)6-9(8)15(20)21/h4-6H,1-3H3,(H,13,17). The van der Waals surface area contributed by atoms with Crippen molar-refractivity contribution in [1.29, 1.82) is 0 Å². The van der Waals surface area contributed by atoms with E-state index in [1.165, 1.54) is 0 Å². The second kappa shape index (κ2) is 6.02. The third kappa shape index (κ3) is 4.10. The van der Waals surface area contributed by atoms with Gasteiger partial charge in [-0.3, -0.25) is 30.4 Å². The second-order valence-corrected chi connectivity index (χ2v) is 5.45. The van der Waals surface area contributed by atoms with Crippen molar-refractivity contribution in [2.24, 2.45) is 0 Å². The molecule has 1 aromatic rings. The number of hydrogen-bond acceptors (Lipinski definition) is 6. The van der Waals surface area contributed by atoms with Crippen molar-refractivity contribution in [3.63, 3.8) is 0 Å². The molecule has 0 bridgehead atoms. The molecule has 0 saturated heterocycles. The van der Waals surface area contributed by atoms with Gasteiger partial charge < -0.3 is 0 Å². The van der Waals surface area contributed by atoms with Crippen LogP contribution in [0.5, 0.6) is 0 Å². The molecule has 1 amide bonds. The van der Waals surface area contributed by atoms with Crippen molar-refractivity contribution in [3.8, 4) is 0 Å². The van der Waals surface area contributed by atoms with Crippen molar-refractivity contribution in [2.75, 3.05) is 0 Å². The summed E-state index contributed by atoms with van der Waals surface area (Å²) in [7, 11) is 0. The van der Waals surface area contributed by atoms with Gasteiger partial charge in [-0.2, -0.15) is 0 Å². The van der Waals surface area contributed by atoms with Gasteiger partial charge in [-0.25, -0.2) is 0 Å². The minimum atomic E-state index is -0.864. The number of carbonyl (C=O) groups is 1. The van der Waals surface area contributed by atoms with Crippen LogP contribution in [0.1, 0.15) is 31.1 Å². The van der Waals surface area contributed by atoms with Crippen LogP contribution in [0.2, 0.25) is 0 Å². The van der Waals surface area contributed by atoms with E-state index in [4.69, 9.17) is 11.8 Å². The predicted molar refractivity (Wildman–Crippen MR) is 74.7 cm³/mol. The lowest BCUT2D eigenvalue weighted by Gasteiger charge is -2.28. The van der Waals surface area contributed by atoms with Crippen LogP contribution in [0.15, 0.2) is 18.2 Å². The van der Waals surface area contributed by atoms with Gasteiger partial charge in [0.1, 0.15) is 5.56 Å². The summed E-state index contributed by atoms with van der Waals surface area (Å²) >= 11 is 5.84. The van der Waals surface area contributed by atoms with E-state index < -0.39 is 32.7 Å². The quantitative estimate of drug-likeness (QED) is 0.517. The average molecular weight is 317 g/mol. The van der Waals surface area contributed by atoms with Crippen molar-refractivity contribution in [3.05, 3.63) is 44.0 Å². The molecule has 0 saturated carbocycles. The van der Waals surface area contributed by atoms with E-state index >= 15 is 0 Å². The smallest absolute Gasteiger partial charge is 0.270 e. The zero-order valence-corrected chi connectivity index (χ0v) is 12.2. The molecule has 0 aliphatic carbocycles. The summed E-state index contributed by atoms with van der Waals surface area (Å²) in [5.74, 6) is -0.832. The molecule has 1 aromatic carbocycles. The van der Waals surface area contributed by atoms with Crippen LogP contribution in [-0.4, -0.2) is 25.8 Å². The molecule has 0 atom stereocenters. The van der Waals surface area contributed by atoms with Crippen LogP contribution < -0.4 is 5.43 Å². The van der Waals surface area contributed by atoms with Gasteiger partial charge in [-0.15, -0.1) is 4.53 Å². The van der Waals surface area contributed by atoms with E-state index in [1.807, 2.05) is 0 Å². The van der Waals surface area contributed by atoms with Gasteiger partial charge >= 0.3 is 0 Å². The lowest BCUT2D eigenvalue weighted by Crippen LogP contribution is -2.46. The highest BCUT2D eigenvalue weighted by Gasteiger charge is 2.27. The molecule has 0 aliphatic heterocycles. The molecule has 1 N–H and O–H groups in total. The average Bonchev–Trinajstić information content (AvgIpc) is 2.36. The fourth-order valence-electron chi connectivity index (χ4n) is 1.29. The Morgan fingerprint density at radius 1 is 1.24 bits per heavy atom. The lowest BCUT2D eigenvalue weighted by atomic mass is 10.1. The van der Waals surface area contributed by atoms with Gasteiger partial charge in [0.2, 0.25) is 0 Å². The molecule has 1 rings (SSSR count). The first-order chi connectivity index (χ1) is 9.54. The summed E-state index contributed by atoms with van der Waals surface area (Å²) in [5, 5.41) is 21.6. The van der Waals surface area contributed by atoms with Crippen LogP contribution >= 0.6 is 11.8 Å². The molecule has 0 aromatic heterocycles. The summed E-state index contributed by atoms with van der Waals surface area (Å²) in [5.41, 5.74) is 0.187. The number of benzene rings is 1. The SMILES string of the molecule is CC(C)(C)N(Cl)NC(=O)c1ccc([N+](=O)[O-])cc1[N+](=O)[O-]. The summed E-state index contributed by atoms with van der Waals surface area (Å²) in [6.07, 6.45) is 0. The molecule has 9 nitrogen and oxygen atoms in total. The minimum Gasteiger partial charge on any atom is -0.270 e. The molecule has 0 aliphatic rings. The van der Waals surface area contributed by atoms with Crippen molar-refractivity contribution < 1.29 is 14.6 Å². The molecule has 0 fully saturated rings. The van der Waals surface area contributed by atoms with Gasteiger partial charge in [0.15, 0.2) is 0 Å². The number of nitro benzene ring substituents is 2. The number of nitro groups is 2. The molecule has 0 spiro atoms. The number of nitrogens with zero attached hydrogens (tertiary/aromatic N) is 3. The highest BCUT2D eigenvalue weighted by atomic mass is 35.5. The Labute approximate surface area is 124 Å². The van der Waals surface area contributed by atoms with Crippen LogP contribution in [-0.2, 0) is 0 Å². The van der Waals surface area contributed by atoms with E-state index in [-0.39, 0.29) is 5.56 Å². The van der Waals surface area contributed by atoms with Crippen molar-refractivity contribution in [2.45, 2.75) is 26.3 Å². The minimum absolute atomic E-state index is 0.319. The van der Waals surface area contributed by atoms with Crippen LogP contribution in [0, 0.1) is 20.2 Å². The van der Waals surface area contributed by atoms with Crippen molar-refractivity contribution >= 4 is 29.1 Å². The number of non-ortho nitro benzene ring substituents is 1. The highest BCUT2D eigenvalue weighted by Crippen LogP contribution is 2.25. The third-order valence-electron chi connectivity index (χ3n) is 2.42. The van der Waals surface area contributed by atoms with E-state index in [2.05, 4.69) is 5.43 Å². The monoisotopic (exact) mass is 316 g/mol. The first-order valence-electron chi connectivity index (χ1n) is 5.74. The fraction of sp³-hybridized carbons (Fsp3) is 0.364. The molecule has 0 heterocycles. The molecule has 0 unspecified atom stereocenters. The van der Waals surface area contributed by atoms with E-state index in [9.17, 15) is 25.0 Å². The number of nitrogens with one attached hydrogen (secondary N) is 1. The maximum atomic E-state index is 12.0. The molecular formula is C11H13ClN4O5. The Bertz CT molecular complexity index is 599. The third-order valence-corrected chi connectivity index (χ3v) is 3.01. The molecule has 114 valence electrons. The number of hydrazine groups is 1. The number of halogens is 1. The second-order valence-electron chi connectivity index (χ2n) is 5.11. The van der Waals surface area contributed by atoms with E-state index in [0.717, 1.165) is 22.7 Å². The summed E-state index contributed by atoms with van der Waals surface area (Å²) in [4.78, 5) is 31.9. The van der Waals surface area contributed by atoms with Gasteiger partial charge in [0.05, 0.1) is 15.9 Å². The first kappa shape index (κ1) is 16.8. The normalized spacial score (nSPS) is 11.3. The Hall–Kier alpha value is -2.26. The van der Waals surface area contributed by atoms with Gasteiger partial charge in [0, 0.05) is 23.4 Å². The largest absolute Gasteiger partial charge is 0.289 e. The Morgan fingerprint density at radius 3 is 2.24 bits per heavy atom. The maximum Gasteiger partial charge on any atom is 0.289 e. The molecule has 10 heteroatoms. The van der Waals surface area contributed by atoms with Crippen LogP contribution in [0.4, 0.5) is 11.4 Å². The van der Waals surface area contributed by atoms with Crippen molar-refractivity contribution in [1.82, 2.24) is 9.95 Å². The summed E-state index contributed by atoms with van der Waals surface area (Å²) in [6.45, 7) is 5.14. The summed E-state index contributed by atoms with van der Waals surface area (Å²) < 4.78 is 0.973. The Balaban J connectivity index is 3.15. The molecule has 21 heavy (non-hydrogen) atoms. The number of rotatable bonds is 4. The highest BCUT2D eigenvalue weighted by molar-refractivity contribution is 6.15. The molecule has 0 radical (unpaired) electrons. The van der Waals surface area contributed by atoms with Gasteiger partial charge in [-0.05, 0) is 26.8 Å². The lowest BCUT2D eigenvalue weighted by molar-refractivity contribution is -0.394. The van der Waals surface area contributed by atoms with Gasteiger partial charge in [-0.1, -0.05) is 0 Å². The van der Waals surface area contributed by atoms with Gasteiger partial charge in [0.25, 0.3) is 17.3 Å². The fourth-order valence-corrected chi connectivity index (χ4v) is 1.37.